The molecule has 0 aliphatic heterocycles. The maximum atomic E-state index is 7.86. The topological polar surface area (TPSA) is 4.36 Å². The molecule has 3 aromatic carbocycles. The third kappa shape index (κ3) is 3.75. The lowest BCUT2D eigenvalue weighted by Crippen LogP contribution is -1.93. The van der Waals surface area contributed by atoms with Crippen molar-refractivity contribution < 1.29 is 0 Å². The number of aryl methyl sites for hydroxylation is 3. The van der Waals surface area contributed by atoms with E-state index in [2.05, 4.69) is 62.0 Å². The summed E-state index contributed by atoms with van der Waals surface area (Å²) in [7, 11) is 0. The van der Waals surface area contributed by atoms with Crippen LogP contribution in [0.5, 0.6) is 0 Å². The number of benzene rings is 3. The van der Waals surface area contributed by atoms with Gasteiger partial charge in [-0.1, -0.05) is 93.0 Å². The van der Waals surface area contributed by atoms with Gasteiger partial charge in [-0.15, -0.1) is 0 Å². The van der Waals surface area contributed by atoms with Crippen molar-refractivity contribution in [2.45, 2.75) is 65.7 Å². The quantitative estimate of drug-likeness (QED) is 0.232. The fraction of sp³-hybridized carbons (Fsp3) is 0.400. The van der Waals surface area contributed by atoms with Crippen LogP contribution >= 0.6 is 0 Å². The summed E-state index contributed by atoms with van der Waals surface area (Å²) in [6, 6.07) is 13.2. The maximum absolute atomic E-state index is 7.86. The van der Waals surface area contributed by atoms with Crippen molar-refractivity contribution in [3.05, 3.63) is 64.5 Å². The van der Waals surface area contributed by atoms with Crippen LogP contribution in [-0.2, 0) is 6.42 Å². The number of rotatable bonds is 7. The molecule has 0 unspecified atom stereocenters. The molecule has 0 aromatic heterocycles. The van der Waals surface area contributed by atoms with Crippen LogP contribution in [0.15, 0.2) is 36.4 Å². The fourth-order valence-corrected chi connectivity index (χ4v) is 3.98. The Labute approximate surface area is 157 Å². The molecule has 134 valence electrons. The minimum absolute atomic E-state index is 0.871. The molecule has 1 nitrogen and oxygen atoms in total. The van der Waals surface area contributed by atoms with Crippen LogP contribution in [-0.4, -0.2) is 0 Å². The van der Waals surface area contributed by atoms with Crippen molar-refractivity contribution in [2.24, 2.45) is 0 Å². The molecule has 3 aromatic rings. The van der Waals surface area contributed by atoms with Crippen LogP contribution in [0.25, 0.3) is 26.4 Å². The first-order chi connectivity index (χ1) is 12.7. The number of hydrogen-bond donors (Lipinski definition) is 0. The molecule has 0 bridgehead atoms. The first-order valence-electron chi connectivity index (χ1n) is 9.98. The van der Waals surface area contributed by atoms with Crippen LogP contribution in [0.3, 0.4) is 0 Å². The zero-order valence-electron chi connectivity index (χ0n) is 16.4. The van der Waals surface area contributed by atoms with Crippen molar-refractivity contribution in [3.8, 4) is 0 Å². The summed E-state index contributed by atoms with van der Waals surface area (Å²) < 4.78 is 0. The second kappa shape index (κ2) is 8.37. The summed E-state index contributed by atoms with van der Waals surface area (Å²) in [5.41, 5.74) is 4.62. The average Bonchev–Trinajstić information content (AvgIpc) is 2.64. The van der Waals surface area contributed by atoms with E-state index in [4.69, 9.17) is 6.57 Å². The van der Waals surface area contributed by atoms with E-state index in [1.54, 1.807) is 0 Å². The standard InChI is InChI=1S/C25H29N/c1-5-6-7-8-9-10-11-22-23-16-18(2)12-14-20(23)21-15-13-19(3)17-24(21)25(22)26-4/h12-17H,5-11H2,1-3H3. The highest BCUT2D eigenvalue weighted by molar-refractivity contribution is 6.15. The summed E-state index contributed by atoms with van der Waals surface area (Å²) in [6.07, 6.45) is 8.71. The van der Waals surface area contributed by atoms with Gasteiger partial charge in [0.25, 0.3) is 0 Å². The van der Waals surface area contributed by atoms with E-state index < -0.39 is 0 Å². The number of unbranched alkanes of at least 4 members (excludes halogenated alkanes) is 5. The van der Waals surface area contributed by atoms with E-state index in [-0.39, 0.29) is 0 Å². The fourth-order valence-electron chi connectivity index (χ4n) is 3.98. The van der Waals surface area contributed by atoms with Gasteiger partial charge in [-0.05, 0) is 47.4 Å². The Kier molecular flexibility index (Phi) is 5.94. The van der Waals surface area contributed by atoms with Crippen LogP contribution in [0, 0.1) is 20.4 Å². The van der Waals surface area contributed by atoms with E-state index in [1.807, 2.05) is 0 Å². The second-order valence-electron chi connectivity index (χ2n) is 7.55. The normalized spacial score (nSPS) is 11.2. The highest BCUT2D eigenvalue weighted by Crippen LogP contribution is 2.40. The molecule has 0 spiro atoms. The Balaban J connectivity index is 2.06. The summed E-state index contributed by atoms with van der Waals surface area (Å²) in [5.74, 6) is 0. The zero-order chi connectivity index (χ0) is 18.5. The third-order valence-corrected chi connectivity index (χ3v) is 5.40. The van der Waals surface area contributed by atoms with Gasteiger partial charge in [0.15, 0.2) is 5.69 Å². The third-order valence-electron chi connectivity index (χ3n) is 5.40. The molecule has 0 N–H and O–H groups in total. The lowest BCUT2D eigenvalue weighted by atomic mass is 9.90. The molecule has 26 heavy (non-hydrogen) atoms. The number of nitrogens with zero attached hydrogens (tertiary/aromatic N) is 1. The first-order valence-corrected chi connectivity index (χ1v) is 9.98. The molecule has 0 amide bonds. The number of fused-ring (bicyclic) bond motifs is 3. The summed E-state index contributed by atoms with van der Waals surface area (Å²) in [4.78, 5) is 4.00. The summed E-state index contributed by atoms with van der Waals surface area (Å²) in [6.45, 7) is 14.4. The van der Waals surface area contributed by atoms with E-state index in [0.717, 1.165) is 17.5 Å². The smallest absolute Gasteiger partial charge is 0.198 e. The largest absolute Gasteiger partial charge is 0.237 e. The van der Waals surface area contributed by atoms with Crippen molar-refractivity contribution in [1.29, 1.82) is 0 Å². The molecular formula is C25H29N. The van der Waals surface area contributed by atoms with Gasteiger partial charge in [-0.3, -0.25) is 0 Å². The Morgan fingerprint density at radius 2 is 1.31 bits per heavy atom. The Morgan fingerprint density at radius 1 is 0.731 bits per heavy atom. The first kappa shape index (κ1) is 18.5. The lowest BCUT2D eigenvalue weighted by molar-refractivity contribution is 0.608. The summed E-state index contributed by atoms with van der Waals surface area (Å²) >= 11 is 0. The van der Waals surface area contributed by atoms with Gasteiger partial charge in [-0.2, -0.15) is 0 Å². The van der Waals surface area contributed by atoms with Gasteiger partial charge in [-0.25, -0.2) is 4.85 Å². The predicted molar refractivity (Wildman–Crippen MR) is 114 cm³/mol. The van der Waals surface area contributed by atoms with E-state index in [0.29, 0.717) is 0 Å². The van der Waals surface area contributed by atoms with E-state index >= 15 is 0 Å². The lowest BCUT2D eigenvalue weighted by Gasteiger charge is -2.15. The van der Waals surface area contributed by atoms with Crippen LogP contribution in [0.2, 0.25) is 0 Å². The highest BCUT2D eigenvalue weighted by atomic mass is 14.7. The molecule has 0 atom stereocenters. The minimum Gasteiger partial charge on any atom is -0.237 e. The molecule has 0 radical (unpaired) electrons. The van der Waals surface area contributed by atoms with Crippen molar-refractivity contribution in [1.82, 2.24) is 0 Å². The molecule has 0 aliphatic carbocycles. The molecule has 0 saturated carbocycles. The van der Waals surface area contributed by atoms with E-state index in [9.17, 15) is 0 Å². The molecule has 0 saturated heterocycles. The van der Waals surface area contributed by atoms with Gasteiger partial charge in [0.05, 0.1) is 6.57 Å². The number of hydrogen-bond acceptors (Lipinski definition) is 0. The van der Waals surface area contributed by atoms with Crippen LogP contribution < -0.4 is 0 Å². The van der Waals surface area contributed by atoms with Gasteiger partial charge < -0.3 is 0 Å². The van der Waals surface area contributed by atoms with Crippen molar-refractivity contribution >= 4 is 27.2 Å². The molecule has 1 heteroatoms. The highest BCUT2D eigenvalue weighted by Gasteiger charge is 2.14. The van der Waals surface area contributed by atoms with Crippen LogP contribution in [0.4, 0.5) is 5.69 Å². The molecule has 0 fully saturated rings. The SMILES string of the molecule is [C-]#[N+]c1c(CCCCCCCC)c2cc(C)ccc2c2ccc(C)cc12. The Hall–Kier alpha value is -2.33. The van der Waals surface area contributed by atoms with Crippen molar-refractivity contribution in [3.63, 3.8) is 0 Å². The zero-order valence-corrected chi connectivity index (χ0v) is 16.4. The van der Waals surface area contributed by atoms with Gasteiger partial charge in [0.2, 0.25) is 0 Å². The average molecular weight is 344 g/mol. The Morgan fingerprint density at radius 3 is 1.96 bits per heavy atom. The molecule has 0 aliphatic rings. The summed E-state index contributed by atoms with van der Waals surface area (Å²) in [5, 5.41) is 4.90. The Bertz CT molecular complexity index is 959. The molecular weight excluding hydrogens is 314 g/mol. The monoisotopic (exact) mass is 343 g/mol. The van der Waals surface area contributed by atoms with Crippen LogP contribution in [0.1, 0.15) is 62.1 Å². The molecule has 0 heterocycles. The van der Waals surface area contributed by atoms with E-state index in [1.165, 1.54) is 71.4 Å². The maximum Gasteiger partial charge on any atom is 0.198 e. The minimum atomic E-state index is 0.871. The molecule has 3 rings (SSSR count). The van der Waals surface area contributed by atoms with Gasteiger partial charge in [0, 0.05) is 0 Å². The van der Waals surface area contributed by atoms with Gasteiger partial charge in [0.1, 0.15) is 0 Å². The van der Waals surface area contributed by atoms with Crippen molar-refractivity contribution in [2.75, 3.05) is 0 Å². The second-order valence-corrected chi connectivity index (χ2v) is 7.55. The predicted octanol–water partition coefficient (Wildman–Crippen LogP) is 8.06. The van der Waals surface area contributed by atoms with Gasteiger partial charge >= 0.3 is 0 Å².